The fourth-order valence-corrected chi connectivity index (χ4v) is 2.12. The number of anilines is 2. The maximum absolute atomic E-state index is 13.3. The number of nitrogen functional groups attached to an aromatic ring is 1. The van der Waals surface area contributed by atoms with Crippen LogP contribution in [0.5, 0.6) is 0 Å². The van der Waals surface area contributed by atoms with Crippen LogP contribution in [0.4, 0.5) is 15.8 Å². The standard InChI is InChI=1S/C10H9Cl2FN2O/c11-5-1-10(16)15(4-5)9-3-7(13)6(12)2-8(9)14/h2-3,5H,1,4,14H2. The number of rotatable bonds is 1. The van der Waals surface area contributed by atoms with E-state index >= 15 is 0 Å². The van der Waals surface area contributed by atoms with Crippen LogP contribution in [0.15, 0.2) is 12.1 Å². The van der Waals surface area contributed by atoms with Gasteiger partial charge in [0.05, 0.1) is 21.8 Å². The van der Waals surface area contributed by atoms with Crippen molar-refractivity contribution in [3.63, 3.8) is 0 Å². The first-order valence-corrected chi connectivity index (χ1v) is 5.49. The highest BCUT2D eigenvalue weighted by Gasteiger charge is 2.30. The van der Waals surface area contributed by atoms with Gasteiger partial charge in [0.2, 0.25) is 5.91 Å². The van der Waals surface area contributed by atoms with Crippen LogP contribution in [0.3, 0.4) is 0 Å². The van der Waals surface area contributed by atoms with Gasteiger partial charge in [-0.3, -0.25) is 4.79 Å². The highest BCUT2D eigenvalue weighted by Crippen LogP contribution is 2.32. The van der Waals surface area contributed by atoms with Gasteiger partial charge in [-0.1, -0.05) is 11.6 Å². The van der Waals surface area contributed by atoms with Crippen LogP contribution in [-0.2, 0) is 4.79 Å². The van der Waals surface area contributed by atoms with Gasteiger partial charge in [-0.15, -0.1) is 11.6 Å². The van der Waals surface area contributed by atoms with Gasteiger partial charge in [0.1, 0.15) is 5.82 Å². The van der Waals surface area contributed by atoms with Gasteiger partial charge in [-0.05, 0) is 6.07 Å². The topological polar surface area (TPSA) is 46.3 Å². The summed E-state index contributed by atoms with van der Waals surface area (Å²) in [5, 5.41) is -0.319. The second-order valence-corrected chi connectivity index (χ2v) is 4.66. The lowest BCUT2D eigenvalue weighted by molar-refractivity contribution is -0.117. The van der Waals surface area contributed by atoms with Crippen molar-refractivity contribution in [2.75, 3.05) is 17.2 Å². The number of hydrogen-bond acceptors (Lipinski definition) is 2. The van der Waals surface area contributed by atoms with Gasteiger partial charge in [-0.25, -0.2) is 4.39 Å². The summed E-state index contributed by atoms with van der Waals surface area (Å²) in [6, 6.07) is 2.45. The van der Waals surface area contributed by atoms with Crippen molar-refractivity contribution in [2.24, 2.45) is 0 Å². The average molecular weight is 263 g/mol. The summed E-state index contributed by atoms with van der Waals surface area (Å²) in [5.74, 6) is -0.759. The summed E-state index contributed by atoms with van der Waals surface area (Å²) in [4.78, 5) is 12.9. The van der Waals surface area contributed by atoms with Crippen molar-refractivity contribution in [3.05, 3.63) is 23.0 Å². The van der Waals surface area contributed by atoms with Crippen LogP contribution in [0.1, 0.15) is 6.42 Å². The van der Waals surface area contributed by atoms with E-state index in [2.05, 4.69) is 0 Å². The molecule has 1 fully saturated rings. The molecule has 1 saturated heterocycles. The molecule has 3 nitrogen and oxygen atoms in total. The van der Waals surface area contributed by atoms with Crippen LogP contribution in [0.2, 0.25) is 5.02 Å². The molecule has 0 radical (unpaired) electrons. The Morgan fingerprint density at radius 1 is 1.50 bits per heavy atom. The Labute approximate surface area is 102 Å². The lowest BCUT2D eigenvalue weighted by Gasteiger charge is -2.18. The van der Waals surface area contributed by atoms with Crippen molar-refractivity contribution in [2.45, 2.75) is 11.8 Å². The zero-order chi connectivity index (χ0) is 11.9. The molecule has 0 spiro atoms. The molecular weight excluding hydrogens is 254 g/mol. The van der Waals surface area contributed by atoms with Crippen molar-refractivity contribution < 1.29 is 9.18 Å². The van der Waals surface area contributed by atoms with Crippen LogP contribution >= 0.6 is 23.2 Å². The van der Waals surface area contributed by atoms with Crippen LogP contribution in [0.25, 0.3) is 0 Å². The molecule has 16 heavy (non-hydrogen) atoms. The third-order valence-electron chi connectivity index (χ3n) is 2.44. The minimum absolute atomic E-state index is 0.0599. The quantitative estimate of drug-likeness (QED) is 0.624. The Morgan fingerprint density at radius 2 is 2.19 bits per heavy atom. The zero-order valence-corrected chi connectivity index (χ0v) is 9.72. The second kappa shape index (κ2) is 4.11. The lowest BCUT2D eigenvalue weighted by atomic mass is 10.2. The number of nitrogens with zero attached hydrogens (tertiary/aromatic N) is 1. The van der Waals surface area contributed by atoms with Gasteiger partial charge in [-0.2, -0.15) is 0 Å². The van der Waals surface area contributed by atoms with Crippen molar-refractivity contribution in [1.29, 1.82) is 0 Å². The molecule has 1 aliphatic heterocycles. The normalized spacial score (nSPS) is 20.6. The van der Waals surface area contributed by atoms with Gasteiger partial charge in [0, 0.05) is 19.0 Å². The van der Waals surface area contributed by atoms with Crippen LogP contribution in [-0.4, -0.2) is 17.8 Å². The first-order chi connectivity index (χ1) is 7.49. The third kappa shape index (κ3) is 1.95. The third-order valence-corrected chi connectivity index (χ3v) is 3.02. The summed E-state index contributed by atoms with van der Waals surface area (Å²) < 4.78 is 13.3. The van der Waals surface area contributed by atoms with E-state index in [1.54, 1.807) is 0 Å². The smallest absolute Gasteiger partial charge is 0.228 e. The number of alkyl halides is 1. The van der Waals surface area contributed by atoms with Crippen molar-refractivity contribution in [1.82, 2.24) is 0 Å². The van der Waals surface area contributed by atoms with Gasteiger partial charge in [0.15, 0.2) is 0 Å². The summed E-state index contributed by atoms with van der Waals surface area (Å²) in [7, 11) is 0. The van der Waals surface area contributed by atoms with E-state index < -0.39 is 5.82 Å². The molecule has 6 heteroatoms. The van der Waals surface area contributed by atoms with E-state index in [-0.39, 0.29) is 28.4 Å². The van der Waals surface area contributed by atoms with Crippen molar-refractivity contribution in [3.8, 4) is 0 Å². The molecule has 0 saturated carbocycles. The number of carbonyl (C=O) groups is 1. The van der Waals surface area contributed by atoms with E-state index in [0.29, 0.717) is 12.2 Å². The highest BCUT2D eigenvalue weighted by atomic mass is 35.5. The number of amides is 1. The van der Waals surface area contributed by atoms with E-state index in [0.717, 1.165) is 6.07 Å². The molecule has 1 unspecified atom stereocenters. The summed E-state index contributed by atoms with van der Waals surface area (Å²) in [6.45, 7) is 0.339. The lowest BCUT2D eigenvalue weighted by Crippen LogP contribution is -2.25. The highest BCUT2D eigenvalue weighted by molar-refractivity contribution is 6.31. The molecule has 2 N–H and O–H groups in total. The van der Waals surface area contributed by atoms with E-state index in [9.17, 15) is 9.18 Å². The molecular formula is C10H9Cl2FN2O. The molecule has 1 heterocycles. The maximum atomic E-state index is 13.3. The number of hydrogen-bond donors (Lipinski definition) is 1. The molecule has 0 aliphatic carbocycles. The van der Waals surface area contributed by atoms with E-state index in [4.69, 9.17) is 28.9 Å². The SMILES string of the molecule is Nc1cc(Cl)c(F)cc1N1CC(Cl)CC1=O. The minimum atomic E-state index is -0.600. The Hall–Kier alpha value is -1.00. The predicted molar refractivity (Wildman–Crippen MR) is 62.4 cm³/mol. The molecule has 0 bridgehead atoms. The molecule has 1 aromatic rings. The van der Waals surface area contributed by atoms with Gasteiger partial charge in [0.25, 0.3) is 0 Å². The summed E-state index contributed by atoms with van der Waals surface area (Å²) >= 11 is 11.4. The zero-order valence-electron chi connectivity index (χ0n) is 8.21. The van der Waals surface area contributed by atoms with Gasteiger partial charge >= 0.3 is 0 Å². The first kappa shape index (κ1) is 11.5. The number of nitrogens with two attached hydrogens (primary N) is 1. The Bertz CT molecular complexity index is 453. The fourth-order valence-electron chi connectivity index (χ4n) is 1.68. The van der Waals surface area contributed by atoms with Crippen molar-refractivity contribution >= 4 is 40.5 Å². The largest absolute Gasteiger partial charge is 0.397 e. The minimum Gasteiger partial charge on any atom is -0.397 e. The van der Waals surface area contributed by atoms with Gasteiger partial charge < -0.3 is 10.6 Å². The predicted octanol–water partition coefficient (Wildman–Crippen LogP) is 2.41. The monoisotopic (exact) mass is 262 g/mol. The molecule has 86 valence electrons. The second-order valence-electron chi connectivity index (χ2n) is 3.63. The maximum Gasteiger partial charge on any atom is 0.228 e. The van der Waals surface area contributed by atoms with E-state index in [1.165, 1.54) is 11.0 Å². The average Bonchev–Trinajstić information content (AvgIpc) is 2.51. The Kier molecular flexibility index (Phi) is 2.95. The Morgan fingerprint density at radius 3 is 2.75 bits per heavy atom. The molecule has 1 aromatic carbocycles. The molecule has 1 aliphatic rings. The number of benzene rings is 1. The number of halogens is 3. The molecule has 1 amide bonds. The molecule has 2 rings (SSSR count). The molecule has 1 atom stereocenters. The first-order valence-electron chi connectivity index (χ1n) is 4.68. The van der Waals surface area contributed by atoms with E-state index in [1.807, 2.05) is 0 Å². The fraction of sp³-hybridized carbons (Fsp3) is 0.300. The van der Waals surface area contributed by atoms with Crippen LogP contribution in [0, 0.1) is 5.82 Å². The molecule has 0 aromatic heterocycles. The summed E-state index contributed by atoms with van der Waals surface area (Å²) in [5.41, 5.74) is 6.29. The number of carbonyl (C=O) groups excluding carboxylic acids is 1. The van der Waals surface area contributed by atoms with Crippen LogP contribution < -0.4 is 10.6 Å². The Balaban J connectivity index is 2.41. The summed E-state index contributed by atoms with van der Waals surface area (Å²) in [6.07, 6.45) is 0.241.